The maximum Gasteiger partial charge on any atom is 0.322 e. The molecule has 2 fully saturated rings. The first kappa shape index (κ1) is 21.3. The van der Waals surface area contributed by atoms with E-state index in [9.17, 15) is 9.59 Å². The van der Waals surface area contributed by atoms with Crippen LogP contribution in [0.15, 0.2) is 24.4 Å². The molecule has 0 bridgehead atoms. The molecule has 0 radical (unpaired) electrons. The third-order valence-electron chi connectivity index (χ3n) is 6.36. The zero-order valence-corrected chi connectivity index (χ0v) is 18.4. The van der Waals surface area contributed by atoms with E-state index in [0.29, 0.717) is 18.2 Å². The van der Waals surface area contributed by atoms with Crippen LogP contribution < -0.4 is 10.6 Å². The number of carbonyl (C=O) groups is 2. The molecule has 8 nitrogen and oxygen atoms in total. The Morgan fingerprint density at radius 3 is 2.74 bits per heavy atom. The van der Waals surface area contributed by atoms with Crippen molar-refractivity contribution in [2.24, 2.45) is 5.92 Å². The minimum atomic E-state index is -0.162. The van der Waals surface area contributed by atoms with Crippen molar-refractivity contribution in [3.8, 4) is 0 Å². The molecule has 1 aliphatic carbocycles. The van der Waals surface area contributed by atoms with Crippen molar-refractivity contribution < 1.29 is 9.59 Å². The predicted molar refractivity (Wildman–Crippen MR) is 119 cm³/mol. The van der Waals surface area contributed by atoms with Crippen LogP contribution in [0.4, 0.5) is 10.5 Å². The van der Waals surface area contributed by atoms with E-state index in [0.717, 1.165) is 50.0 Å². The summed E-state index contributed by atoms with van der Waals surface area (Å²) in [6.45, 7) is 6.22. The summed E-state index contributed by atoms with van der Waals surface area (Å²) >= 11 is 0. The second kappa shape index (κ2) is 9.49. The Balaban J connectivity index is 1.31. The molecular formula is C23H32N6O2. The van der Waals surface area contributed by atoms with Crippen molar-refractivity contribution in [3.05, 3.63) is 41.2 Å². The summed E-state index contributed by atoms with van der Waals surface area (Å²) in [7, 11) is 0. The Hall–Kier alpha value is -2.90. The molecule has 1 saturated heterocycles. The zero-order valence-electron chi connectivity index (χ0n) is 18.4. The van der Waals surface area contributed by atoms with Crippen LogP contribution in [0.2, 0.25) is 0 Å². The van der Waals surface area contributed by atoms with Gasteiger partial charge in [0, 0.05) is 31.4 Å². The highest BCUT2D eigenvalue weighted by Crippen LogP contribution is 2.27. The average molecular weight is 425 g/mol. The molecule has 1 saturated carbocycles. The first-order valence-corrected chi connectivity index (χ1v) is 11.3. The molecule has 2 aliphatic rings. The van der Waals surface area contributed by atoms with Gasteiger partial charge in [0.25, 0.3) is 5.91 Å². The first-order valence-electron chi connectivity index (χ1n) is 11.3. The molecule has 4 rings (SSSR count). The molecule has 1 aromatic carbocycles. The van der Waals surface area contributed by atoms with E-state index in [2.05, 4.69) is 27.9 Å². The van der Waals surface area contributed by atoms with Gasteiger partial charge < -0.3 is 15.5 Å². The summed E-state index contributed by atoms with van der Waals surface area (Å²) in [4.78, 5) is 27.0. The molecule has 1 unspecified atom stereocenters. The monoisotopic (exact) mass is 424 g/mol. The topological polar surface area (TPSA) is 92.2 Å². The third kappa shape index (κ3) is 5.62. The number of benzene rings is 1. The van der Waals surface area contributed by atoms with Gasteiger partial charge in [-0.15, -0.1) is 5.10 Å². The maximum atomic E-state index is 12.9. The quantitative estimate of drug-likeness (QED) is 0.711. The van der Waals surface area contributed by atoms with Crippen molar-refractivity contribution in [2.45, 2.75) is 65.0 Å². The Labute approximate surface area is 183 Å². The molecule has 8 heteroatoms. The van der Waals surface area contributed by atoms with Crippen LogP contribution in [0, 0.1) is 19.8 Å². The molecule has 2 heterocycles. The number of nitrogens with one attached hydrogen (secondary N) is 2. The number of aryl methyl sites for hydroxylation is 3. The fourth-order valence-electron chi connectivity index (χ4n) is 4.03. The van der Waals surface area contributed by atoms with E-state index >= 15 is 0 Å². The number of rotatable bonds is 7. The van der Waals surface area contributed by atoms with Crippen LogP contribution in [-0.2, 0) is 6.54 Å². The highest BCUT2D eigenvalue weighted by molar-refractivity contribution is 5.91. The molecule has 0 spiro atoms. The summed E-state index contributed by atoms with van der Waals surface area (Å²) in [6.07, 6.45) is 7.99. The van der Waals surface area contributed by atoms with Crippen LogP contribution in [0.5, 0.6) is 0 Å². The number of aromatic nitrogens is 3. The van der Waals surface area contributed by atoms with Gasteiger partial charge in [-0.2, -0.15) is 0 Å². The fraction of sp³-hybridized carbons (Fsp3) is 0.565. The lowest BCUT2D eigenvalue weighted by Crippen LogP contribution is -2.46. The molecule has 3 amide bonds. The van der Waals surface area contributed by atoms with Crippen LogP contribution in [-0.4, -0.2) is 51.0 Å². The van der Waals surface area contributed by atoms with Gasteiger partial charge >= 0.3 is 6.03 Å². The summed E-state index contributed by atoms with van der Waals surface area (Å²) in [5.41, 5.74) is 3.56. The number of piperidine rings is 1. The largest absolute Gasteiger partial charge is 0.350 e. The number of amides is 3. The Morgan fingerprint density at radius 2 is 1.97 bits per heavy atom. The number of carbonyl (C=O) groups excluding carboxylic acids is 2. The Morgan fingerprint density at radius 1 is 1.13 bits per heavy atom. The zero-order chi connectivity index (χ0) is 21.8. The SMILES string of the molecule is Cc1ccc(NC(=O)N2CCCCC2CCn2cc(C(=O)NCC3CC3)nn2)cc1C. The van der Waals surface area contributed by atoms with Gasteiger partial charge in [-0.1, -0.05) is 11.3 Å². The van der Waals surface area contributed by atoms with E-state index in [1.807, 2.05) is 30.0 Å². The van der Waals surface area contributed by atoms with E-state index in [4.69, 9.17) is 0 Å². The van der Waals surface area contributed by atoms with Crippen molar-refractivity contribution in [1.82, 2.24) is 25.2 Å². The van der Waals surface area contributed by atoms with Crippen LogP contribution in [0.25, 0.3) is 0 Å². The second-order valence-corrected chi connectivity index (χ2v) is 8.88. The lowest BCUT2D eigenvalue weighted by Gasteiger charge is -2.35. The van der Waals surface area contributed by atoms with Gasteiger partial charge in [0.1, 0.15) is 0 Å². The van der Waals surface area contributed by atoms with Crippen molar-refractivity contribution in [2.75, 3.05) is 18.4 Å². The maximum absolute atomic E-state index is 12.9. The van der Waals surface area contributed by atoms with E-state index in [1.54, 1.807) is 10.9 Å². The third-order valence-corrected chi connectivity index (χ3v) is 6.36. The van der Waals surface area contributed by atoms with Gasteiger partial charge in [0.15, 0.2) is 5.69 Å². The highest BCUT2D eigenvalue weighted by Gasteiger charge is 2.27. The van der Waals surface area contributed by atoms with Crippen LogP contribution >= 0.6 is 0 Å². The summed E-state index contributed by atoms with van der Waals surface area (Å²) < 4.78 is 1.71. The normalized spacial score (nSPS) is 18.6. The van der Waals surface area contributed by atoms with Crippen molar-refractivity contribution in [1.29, 1.82) is 0 Å². The van der Waals surface area contributed by atoms with Crippen molar-refractivity contribution in [3.63, 3.8) is 0 Å². The van der Waals surface area contributed by atoms with Gasteiger partial charge in [-0.05, 0) is 81.5 Å². The molecule has 1 atom stereocenters. The lowest BCUT2D eigenvalue weighted by molar-refractivity contribution is 0.0946. The van der Waals surface area contributed by atoms with Crippen LogP contribution in [0.3, 0.4) is 0 Å². The first-order chi connectivity index (χ1) is 15.0. The van der Waals surface area contributed by atoms with Crippen LogP contribution in [0.1, 0.15) is 60.1 Å². The van der Waals surface area contributed by atoms with Gasteiger partial charge in [0.2, 0.25) is 0 Å². The van der Waals surface area contributed by atoms with E-state index in [1.165, 1.54) is 18.4 Å². The summed E-state index contributed by atoms with van der Waals surface area (Å²) in [5, 5.41) is 14.1. The van der Waals surface area contributed by atoms with Crippen molar-refractivity contribution >= 4 is 17.6 Å². The molecule has 1 aromatic heterocycles. The molecule has 2 aromatic rings. The summed E-state index contributed by atoms with van der Waals surface area (Å²) in [5.74, 6) is 0.469. The van der Waals surface area contributed by atoms with Gasteiger partial charge in [-0.25, -0.2) is 4.79 Å². The molecule has 31 heavy (non-hydrogen) atoms. The summed E-state index contributed by atoms with van der Waals surface area (Å²) in [6, 6.07) is 6.09. The number of nitrogens with zero attached hydrogens (tertiary/aromatic N) is 4. The second-order valence-electron chi connectivity index (χ2n) is 8.88. The number of hydrogen-bond donors (Lipinski definition) is 2. The lowest BCUT2D eigenvalue weighted by atomic mass is 10.00. The fourth-order valence-corrected chi connectivity index (χ4v) is 4.03. The van der Waals surface area contributed by atoms with E-state index in [-0.39, 0.29) is 18.0 Å². The number of hydrogen-bond acceptors (Lipinski definition) is 4. The molecule has 166 valence electrons. The van der Waals surface area contributed by atoms with Gasteiger partial charge in [-0.3, -0.25) is 9.48 Å². The standard InChI is InChI=1S/C23H32N6O2/c1-16-6-9-19(13-17(16)2)25-23(31)29-11-4-3-5-20(29)10-12-28-15-21(26-27-28)22(30)24-14-18-7-8-18/h6,9,13,15,18,20H,3-5,7-8,10-12,14H2,1-2H3,(H,24,30)(H,25,31). The Kier molecular flexibility index (Phi) is 6.53. The predicted octanol–water partition coefficient (Wildman–Crippen LogP) is 3.51. The minimum Gasteiger partial charge on any atom is -0.350 e. The number of anilines is 1. The number of urea groups is 1. The smallest absolute Gasteiger partial charge is 0.322 e. The Bertz CT molecular complexity index is 936. The van der Waals surface area contributed by atoms with E-state index < -0.39 is 0 Å². The molecule has 1 aliphatic heterocycles. The average Bonchev–Trinajstić information content (AvgIpc) is 3.48. The molecule has 2 N–H and O–H groups in total. The molecular weight excluding hydrogens is 392 g/mol. The number of likely N-dealkylation sites (tertiary alicyclic amines) is 1. The highest BCUT2D eigenvalue weighted by atomic mass is 16.2. The van der Waals surface area contributed by atoms with Gasteiger partial charge in [0.05, 0.1) is 6.20 Å². The minimum absolute atomic E-state index is 0.0494.